The van der Waals surface area contributed by atoms with Gasteiger partial charge in [0.2, 0.25) is 0 Å². The summed E-state index contributed by atoms with van der Waals surface area (Å²) in [5, 5.41) is 17.1. The maximum atomic E-state index is 11.3. The van der Waals surface area contributed by atoms with Crippen molar-refractivity contribution in [1.29, 1.82) is 0 Å². The summed E-state index contributed by atoms with van der Waals surface area (Å²) in [7, 11) is 1.95. The van der Waals surface area contributed by atoms with Crippen LogP contribution in [0.3, 0.4) is 0 Å². The van der Waals surface area contributed by atoms with Crippen LogP contribution in [0.4, 0.5) is 0 Å². The molecule has 1 aliphatic rings. The fourth-order valence-electron chi connectivity index (χ4n) is 3.23. The molecule has 112 valence electrons. The molecule has 0 amide bonds. The number of aromatic nitrogens is 2. The van der Waals surface area contributed by atoms with E-state index in [2.05, 4.69) is 17.3 Å². The molecule has 2 atom stereocenters. The zero-order valence-corrected chi connectivity index (χ0v) is 12.6. The first-order valence-corrected chi connectivity index (χ1v) is 7.43. The summed E-state index contributed by atoms with van der Waals surface area (Å²) in [5.41, 5.74) is 3.46. The average molecular weight is 279 g/mol. The van der Waals surface area contributed by atoms with Gasteiger partial charge >= 0.3 is 5.97 Å². The van der Waals surface area contributed by atoms with Crippen LogP contribution in [0.25, 0.3) is 0 Å². The molecule has 1 aromatic rings. The van der Waals surface area contributed by atoms with Gasteiger partial charge in [-0.05, 0) is 39.2 Å². The Balaban J connectivity index is 1.90. The van der Waals surface area contributed by atoms with Crippen molar-refractivity contribution in [2.75, 3.05) is 6.54 Å². The maximum Gasteiger partial charge on any atom is 0.306 e. The number of hydrogen-bond acceptors (Lipinski definition) is 3. The quantitative estimate of drug-likeness (QED) is 0.865. The van der Waals surface area contributed by atoms with Gasteiger partial charge in [-0.25, -0.2) is 0 Å². The van der Waals surface area contributed by atoms with Crippen molar-refractivity contribution in [3.63, 3.8) is 0 Å². The van der Waals surface area contributed by atoms with Crippen molar-refractivity contribution >= 4 is 5.97 Å². The van der Waals surface area contributed by atoms with E-state index >= 15 is 0 Å². The number of aliphatic carboxylic acids is 1. The highest BCUT2D eigenvalue weighted by Crippen LogP contribution is 2.29. The third-order valence-corrected chi connectivity index (χ3v) is 4.59. The minimum atomic E-state index is -0.634. The lowest BCUT2D eigenvalue weighted by molar-refractivity contribution is -0.144. The molecule has 1 saturated carbocycles. The summed E-state index contributed by atoms with van der Waals surface area (Å²) in [6, 6.07) is 0. The Hall–Kier alpha value is -1.36. The van der Waals surface area contributed by atoms with Crippen LogP contribution in [-0.2, 0) is 18.4 Å². The smallest absolute Gasteiger partial charge is 0.306 e. The fourth-order valence-corrected chi connectivity index (χ4v) is 3.23. The second kappa shape index (κ2) is 6.39. The molecule has 0 aromatic carbocycles. The first-order valence-electron chi connectivity index (χ1n) is 7.43. The molecule has 1 fully saturated rings. The zero-order valence-electron chi connectivity index (χ0n) is 12.6. The van der Waals surface area contributed by atoms with E-state index in [-0.39, 0.29) is 11.8 Å². The van der Waals surface area contributed by atoms with Crippen LogP contribution in [-0.4, -0.2) is 27.4 Å². The summed E-state index contributed by atoms with van der Waals surface area (Å²) in [6.45, 7) is 5.64. The molecular formula is C15H25N3O2. The number of carbonyl (C=O) groups is 1. The van der Waals surface area contributed by atoms with E-state index in [9.17, 15) is 9.90 Å². The van der Waals surface area contributed by atoms with Gasteiger partial charge in [0.1, 0.15) is 0 Å². The SMILES string of the molecule is Cc1nn(C)c(C)c1CNCC1CCCCC1C(=O)O. The number of rotatable bonds is 5. The molecule has 0 radical (unpaired) electrons. The molecule has 0 saturated heterocycles. The number of aryl methyl sites for hydroxylation is 2. The monoisotopic (exact) mass is 279 g/mol. The first-order chi connectivity index (χ1) is 9.50. The lowest BCUT2D eigenvalue weighted by Gasteiger charge is -2.28. The Labute approximate surface area is 120 Å². The van der Waals surface area contributed by atoms with Gasteiger partial charge in [0, 0.05) is 24.8 Å². The molecule has 5 nitrogen and oxygen atoms in total. The van der Waals surface area contributed by atoms with Gasteiger partial charge in [-0.3, -0.25) is 9.48 Å². The minimum absolute atomic E-state index is 0.174. The molecule has 2 unspecified atom stereocenters. The number of carboxylic acid groups (broad SMARTS) is 1. The largest absolute Gasteiger partial charge is 0.481 e. The number of carboxylic acids is 1. The van der Waals surface area contributed by atoms with Crippen LogP contribution in [0.2, 0.25) is 0 Å². The van der Waals surface area contributed by atoms with E-state index in [0.29, 0.717) is 0 Å². The Bertz CT molecular complexity index is 482. The summed E-state index contributed by atoms with van der Waals surface area (Å²) in [5.74, 6) is -0.545. The predicted molar refractivity (Wildman–Crippen MR) is 77.5 cm³/mol. The van der Waals surface area contributed by atoms with Crippen LogP contribution in [0.1, 0.15) is 42.6 Å². The number of nitrogens with zero attached hydrogens (tertiary/aromatic N) is 2. The van der Waals surface area contributed by atoms with Gasteiger partial charge < -0.3 is 10.4 Å². The van der Waals surface area contributed by atoms with E-state index in [0.717, 1.165) is 44.5 Å². The summed E-state index contributed by atoms with van der Waals surface area (Å²) >= 11 is 0. The highest BCUT2D eigenvalue weighted by atomic mass is 16.4. The molecule has 1 heterocycles. The first kappa shape index (κ1) is 15.0. The third-order valence-electron chi connectivity index (χ3n) is 4.59. The van der Waals surface area contributed by atoms with Crippen molar-refractivity contribution in [2.45, 2.75) is 46.1 Å². The molecule has 0 aliphatic heterocycles. The van der Waals surface area contributed by atoms with Gasteiger partial charge in [-0.1, -0.05) is 12.8 Å². The minimum Gasteiger partial charge on any atom is -0.481 e. The van der Waals surface area contributed by atoms with Crippen LogP contribution in [0.5, 0.6) is 0 Å². The molecule has 2 N–H and O–H groups in total. The summed E-state index contributed by atoms with van der Waals surface area (Å²) in [4.78, 5) is 11.3. The normalized spacial score (nSPS) is 22.9. The molecule has 20 heavy (non-hydrogen) atoms. The van der Waals surface area contributed by atoms with E-state index in [1.165, 1.54) is 11.3 Å². The van der Waals surface area contributed by atoms with Crippen molar-refractivity contribution in [2.24, 2.45) is 18.9 Å². The van der Waals surface area contributed by atoms with Gasteiger partial charge in [-0.15, -0.1) is 0 Å². The standard InChI is InChI=1S/C15H25N3O2/c1-10-14(11(2)18(3)17-10)9-16-8-12-6-4-5-7-13(12)15(19)20/h12-13,16H,4-9H2,1-3H3,(H,19,20). The molecule has 1 aliphatic carbocycles. The van der Waals surface area contributed by atoms with Crippen molar-refractivity contribution in [3.05, 3.63) is 17.0 Å². The number of nitrogens with one attached hydrogen (secondary N) is 1. The number of hydrogen-bond donors (Lipinski definition) is 2. The molecule has 0 bridgehead atoms. The topological polar surface area (TPSA) is 67.2 Å². The molecule has 0 spiro atoms. The molecule has 5 heteroatoms. The molecular weight excluding hydrogens is 254 g/mol. The highest BCUT2D eigenvalue weighted by Gasteiger charge is 2.30. The van der Waals surface area contributed by atoms with Crippen LogP contribution in [0.15, 0.2) is 0 Å². The highest BCUT2D eigenvalue weighted by molar-refractivity contribution is 5.70. The second-order valence-corrected chi connectivity index (χ2v) is 5.89. The van der Waals surface area contributed by atoms with Crippen molar-refractivity contribution in [3.8, 4) is 0 Å². The Morgan fingerprint density at radius 1 is 1.40 bits per heavy atom. The average Bonchev–Trinajstić information content (AvgIpc) is 2.65. The maximum absolute atomic E-state index is 11.3. The fraction of sp³-hybridized carbons (Fsp3) is 0.733. The molecule has 2 rings (SSSR count). The Morgan fingerprint density at radius 3 is 2.70 bits per heavy atom. The van der Waals surface area contributed by atoms with E-state index in [1.54, 1.807) is 0 Å². The predicted octanol–water partition coefficient (Wildman–Crippen LogP) is 2.02. The van der Waals surface area contributed by atoms with Crippen LogP contribution < -0.4 is 5.32 Å². The van der Waals surface area contributed by atoms with E-state index < -0.39 is 5.97 Å². The molecule has 1 aromatic heterocycles. The van der Waals surface area contributed by atoms with Gasteiger partial charge in [-0.2, -0.15) is 5.10 Å². The van der Waals surface area contributed by atoms with Crippen LogP contribution in [0, 0.1) is 25.7 Å². The summed E-state index contributed by atoms with van der Waals surface area (Å²) in [6.07, 6.45) is 4.05. The Morgan fingerprint density at radius 2 is 2.10 bits per heavy atom. The van der Waals surface area contributed by atoms with Crippen molar-refractivity contribution in [1.82, 2.24) is 15.1 Å². The van der Waals surface area contributed by atoms with Gasteiger partial charge in [0.05, 0.1) is 11.6 Å². The third kappa shape index (κ3) is 3.20. The summed E-state index contributed by atoms with van der Waals surface area (Å²) < 4.78 is 1.90. The zero-order chi connectivity index (χ0) is 14.7. The lowest BCUT2D eigenvalue weighted by Crippen LogP contribution is -2.34. The Kier molecular flexibility index (Phi) is 4.81. The van der Waals surface area contributed by atoms with Crippen LogP contribution >= 0.6 is 0 Å². The van der Waals surface area contributed by atoms with Gasteiger partial charge in [0.25, 0.3) is 0 Å². The van der Waals surface area contributed by atoms with Gasteiger partial charge in [0.15, 0.2) is 0 Å². The van der Waals surface area contributed by atoms with E-state index in [4.69, 9.17) is 0 Å². The van der Waals surface area contributed by atoms with E-state index in [1.807, 2.05) is 18.7 Å². The lowest BCUT2D eigenvalue weighted by atomic mass is 9.79. The van der Waals surface area contributed by atoms with Crippen molar-refractivity contribution < 1.29 is 9.90 Å². The second-order valence-electron chi connectivity index (χ2n) is 5.89.